The van der Waals surface area contributed by atoms with Crippen molar-refractivity contribution in [3.63, 3.8) is 0 Å². The second-order valence-corrected chi connectivity index (χ2v) is 6.81. The molecule has 2 aromatic carbocycles. The molecule has 2 aromatic heterocycles. The molecular formula is C21H17N3O3S. The van der Waals surface area contributed by atoms with Crippen LogP contribution in [0.2, 0.25) is 0 Å². The Balaban J connectivity index is 1.70. The molecule has 2 heterocycles. The molecule has 0 bridgehead atoms. The van der Waals surface area contributed by atoms with E-state index in [4.69, 9.17) is 9.15 Å². The monoisotopic (exact) mass is 391 g/mol. The van der Waals surface area contributed by atoms with Crippen LogP contribution in [0, 0.1) is 0 Å². The highest BCUT2D eigenvalue weighted by Crippen LogP contribution is 2.30. The van der Waals surface area contributed by atoms with Crippen molar-refractivity contribution >= 4 is 38.8 Å². The molecule has 1 amide bonds. The molecule has 0 N–H and O–H groups in total. The molecule has 0 saturated carbocycles. The lowest BCUT2D eigenvalue weighted by Gasteiger charge is -2.14. The molecule has 0 atom stereocenters. The van der Waals surface area contributed by atoms with Crippen molar-refractivity contribution in [2.24, 2.45) is 5.10 Å². The molecule has 0 saturated heterocycles. The number of ether oxygens (including phenoxy) is 1. The van der Waals surface area contributed by atoms with Gasteiger partial charge >= 0.3 is 0 Å². The zero-order chi connectivity index (χ0) is 19.3. The lowest BCUT2D eigenvalue weighted by Crippen LogP contribution is -2.25. The van der Waals surface area contributed by atoms with Crippen molar-refractivity contribution in [2.75, 3.05) is 11.6 Å². The van der Waals surface area contributed by atoms with Gasteiger partial charge in [0.25, 0.3) is 5.91 Å². The van der Waals surface area contributed by atoms with Gasteiger partial charge in [-0.1, -0.05) is 23.5 Å². The first-order chi connectivity index (χ1) is 13.7. The quantitative estimate of drug-likeness (QED) is 0.344. The summed E-state index contributed by atoms with van der Waals surface area (Å²) in [6, 6.07) is 18.2. The summed E-state index contributed by atoms with van der Waals surface area (Å²) < 4.78 is 11.7. The molecule has 0 unspecified atom stereocenters. The number of amides is 1. The van der Waals surface area contributed by atoms with Gasteiger partial charge in [0.05, 0.1) is 29.3 Å². The van der Waals surface area contributed by atoms with Gasteiger partial charge in [-0.25, -0.2) is 4.98 Å². The topological polar surface area (TPSA) is 67.9 Å². The minimum absolute atomic E-state index is 0.287. The van der Waals surface area contributed by atoms with Crippen LogP contribution in [0.5, 0.6) is 5.75 Å². The van der Waals surface area contributed by atoms with Crippen molar-refractivity contribution < 1.29 is 13.9 Å². The van der Waals surface area contributed by atoms with Crippen LogP contribution in [0.1, 0.15) is 23.0 Å². The molecule has 4 aromatic rings. The number of furan rings is 1. The summed E-state index contributed by atoms with van der Waals surface area (Å²) in [5.74, 6) is 0.972. The summed E-state index contributed by atoms with van der Waals surface area (Å²) in [7, 11) is 0. The average molecular weight is 391 g/mol. The highest BCUT2D eigenvalue weighted by Gasteiger charge is 2.21. The summed E-state index contributed by atoms with van der Waals surface area (Å²) in [5.41, 5.74) is 1.31. The molecule has 4 rings (SSSR count). The van der Waals surface area contributed by atoms with Crippen LogP contribution in [0.25, 0.3) is 10.2 Å². The number of para-hydroxylation sites is 1. The number of fused-ring (bicyclic) bond motifs is 1. The minimum Gasteiger partial charge on any atom is -0.494 e. The van der Waals surface area contributed by atoms with Crippen LogP contribution < -0.4 is 9.75 Å². The third-order valence-corrected chi connectivity index (χ3v) is 4.92. The first kappa shape index (κ1) is 17.9. The van der Waals surface area contributed by atoms with E-state index in [1.54, 1.807) is 42.7 Å². The van der Waals surface area contributed by atoms with Gasteiger partial charge in [0, 0.05) is 5.56 Å². The number of hydrazone groups is 1. The molecule has 6 nitrogen and oxygen atoms in total. The van der Waals surface area contributed by atoms with Crippen molar-refractivity contribution in [2.45, 2.75) is 6.92 Å². The van der Waals surface area contributed by atoms with Gasteiger partial charge < -0.3 is 9.15 Å². The van der Waals surface area contributed by atoms with E-state index >= 15 is 0 Å². The lowest BCUT2D eigenvalue weighted by molar-refractivity contribution is 0.0988. The van der Waals surface area contributed by atoms with Crippen LogP contribution in [0.4, 0.5) is 5.13 Å². The third kappa shape index (κ3) is 3.79. The summed E-state index contributed by atoms with van der Waals surface area (Å²) in [6.07, 6.45) is 3.05. The van der Waals surface area contributed by atoms with E-state index in [-0.39, 0.29) is 5.91 Å². The van der Waals surface area contributed by atoms with Crippen molar-refractivity contribution in [1.29, 1.82) is 0 Å². The van der Waals surface area contributed by atoms with Crippen molar-refractivity contribution in [3.05, 3.63) is 78.3 Å². The molecule has 0 aliphatic carbocycles. The van der Waals surface area contributed by atoms with E-state index in [9.17, 15) is 4.79 Å². The maximum atomic E-state index is 13.2. The summed E-state index contributed by atoms with van der Waals surface area (Å²) >= 11 is 1.40. The SMILES string of the molecule is CCOc1ccc(C(=O)N(/N=C/c2ccco2)c2nc3ccccc3s2)cc1. The van der Waals surface area contributed by atoms with Crippen molar-refractivity contribution in [1.82, 2.24) is 4.98 Å². The number of anilines is 1. The Morgan fingerprint density at radius 3 is 2.71 bits per heavy atom. The smallest absolute Gasteiger partial charge is 0.280 e. The molecule has 0 aliphatic heterocycles. The first-order valence-corrected chi connectivity index (χ1v) is 9.56. The zero-order valence-corrected chi connectivity index (χ0v) is 15.9. The largest absolute Gasteiger partial charge is 0.494 e. The Labute approximate surface area is 165 Å². The van der Waals surface area contributed by atoms with Gasteiger partial charge in [-0.3, -0.25) is 4.79 Å². The molecule has 0 radical (unpaired) electrons. The van der Waals surface area contributed by atoms with E-state index in [2.05, 4.69) is 10.1 Å². The number of carbonyl (C=O) groups is 1. The van der Waals surface area contributed by atoms with Crippen LogP contribution in [0.15, 0.2) is 76.4 Å². The number of carbonyl (C=O) groups excluding carboxylic acids is 1. The Hall–Kier alpha value is -3.45. The molecule has 0 spiro atoms. The maximum Gasteiger partial charge on any atom is 0.280 e. The van der Waals surface area contributed by atoms with Gasteiger partial charge in [0.15, 0.2) is 0 Å². The second-order valence-electron chi connectivity index (χ2n) is 5.80. The van der Waals surface area contributed by atoms with E-state index in [0.717, 1.165) is 10.2 Å². The third-order valence-electron chi connectivity index (χ3n) is 3.91. The number of hydrogen-bond acceptors (Lipinski definition) is 6. The summed E-state index contributed by atoms with van der Waals surface area (Å²) in [6.45, 7) is 2.48. The fraction of sp³-hybridized carbons (Fsp3) is 0.0952. The van der Waals surface area contributed by atoms with Crippen LogP contribution in [0.3, 0.4) is 0 Å². The molecule has 7 heteroatoms. The normalized spacial score (nSPS) is 11.2. The molecule has 0 fully saturated rings. The first-order valence-electron chi connectivity index (χ1n) is 8.75. The van der Waals surface area contributed by atoms with E-state index < -0.39 is 0 Å². The number of benzene rings is 2. The maximum absolute atomic E-state index is 13.2. The Kier molecular flexibility index (Phi) is 5.16. The highest BCUT2D eigenvalue weighted by molar-refractivity contribution is 7.22. The van der Waals surface area contributed by atoms with E-state index in [1.807, 2.05) is 31.2 Å². The highest BCUT2D eigenvalue weighted by atomic mass is 32.1. The molecule has 28 heavy (non-hydrogen) atoms. The number of thiazole rings is 1. The number of rotatable bonds is 6. The standard InChI is InChI=1S/C21H17N3O3S/c1-2-26-16-11-9-15(10-12-16)20(25)24(22-14-17-6-5-13-27-17)21-23-18-7-3-4-8-19(18)28-21/h3-14H,2H2,1H3/b22-14+. The fourth-order valence-electron chi connectivity index (χ4n) is 2.60. The van der Waals surface area contributed by atoms with Crippen LogP contribution in [-0.2, 0) is 0 Å². The Bertz CT molecular complexity index is 1070. The van der Waals surface area contributed by atoms with E-state index in [0.29, 0.717) is 28.8 Å². The Morgan fingerprint density at radius 1 is 1.18 bits per heavy atom. The second kappa shape index (κ2) is 8.06. The number of hydrogen-bond donors (Lipinski definition) is 0. The van der Waals surface area contributed by atoms with E-state index in [1.165, 1.54) is 22.6 Å². The van der Waals surface area contributed by atoms with Gasteiger partial charge in [-0.05, 0) is 55.5 Å². The Morgan fingerprint density at radius 2 is 2.00 bits per heavy atom. The number of aromatic nitrogens is 1. The summed E-state index contributed by atoms with van der Waals surface area (Å²) in [5, 5.41) is 6.13. The van der Waals surface area contributed by atoms with Gasteiger partial charge in [0.1, 0.15) is 11.5 Å². The lowest BCUT2D eigenvalue weighted by atomic mass is 10.2. The molecule has 140 valence electrons. The van der Waals surface area contributed by atoms with Crippen LogP contribution >= 0.6 is 11.3 Å². The zero-order valence-electron chi connectivity index (χ0n) is 15.1. The summed E-state index contributed by atoms with van der Waals surface area (Å²) in [4.78, 5) is 17.7. The fourth-order valence-corrected chi connectivity index (χ4v) is 3.52. The molecule has 0 aliphatic rings. The van der Waals surface area contributed by atoms with Crippen LogP contribution in [-0.4, -0.2) is 23.7 Å². The van der Waals surface area contributed by atoms with Gasteiger partial charge in [-0.15, -0.1) is 0 Å². The van der Waals surface area contributed by atoms with Crippen molar-refractivity contribution in [3.8, 4) is 5.75 Å². The number of nitrogens with zero attached hydrogens (tertiary/aromatic N) is 3. The predicted molar refractivity (Wildman–Crippen MR) is 110 cm³/mol. The van der Waals surface area contributed by atoms with Gasteiger partial charge in [0.2, 0.25) is 5.13 Å². The minimum atomic E-state index is -0.287. The average Bonchev–Trinajstić information content (AvgIpc) is 3.38. The predicted octanol–water partition coefficient (Wildman–Crippen LogP) is 4.97. The molecular weight excluding hydrogens is 374 g/mol. The van der Waals surface area contributed by atoms with Gasteiger partial charge in [-0.2, -0.15) is 10.1 Å².